The van der Waals surface area contributed by atoms with E-state index in [1.165, 1.54) is 71.5 Å². The van der Waals surface area contributed by atoms with Gasteiger partial charge in [-0.1, -0.05) is 60.7 Å². The van der Waals surface area contributed by atoms with Crippen molar-refractivity contribution in [3.05, 3.63) is 108 Å². The van der Waals surface area contributed by atoms with E-state index in [1.54, 1.807) is 68.8 Å². The Morgan fingerprint density at radius 1 is 0.728 bits per heavy atom. The number of hydrogen-bond acceptors (Lipinski definition) is 14. The van der Waals surface area contributed by atoms with Gasteiger partial charge in [0.1, 0.15) is 54.4 Å². The van der Waals surface area contributed by atoms with Crippen LogP contribution < -0.4 is 14.8 Å². The maximum atomic E-state index is 14.9. The second-order valence-corrected chi connectivity index (χ2v) is 22.6. The van der Waals surface area contributed by atoms with Crippen molar-refractivity contribution in [2.75, 3.05) is 67.7 Å². The summed E-state index contributed by atoms with van der Waals surface area (Å²) in [5.41, 5.74) is -0.389. The van der Waals surface area contributed by atoms with Gasteiger partial charge in [-0.25, -0.2) is 9.59 Å². The van der Waals surface area contributed by atoms with Gasteiger partial charge in [0.25, 0.3) is 11.8 Å². The van der Waals surface area contributed by atoms with E-state index in [1.807, 2.05) is 45.0 Å². The lowest BCUT2D eigenvalue weighted by molar-refractivity contribution is -0.165. The number of esters is 2. The van der Waals surface area contributed by atoms with E-state index in [9.17, 15) is 43.2 Å². The number of nitrogens with zero attached hydrogens (tertiary/aromatic N) is 5. The van der Waals surface area contributed by atoms with Crippen LogP contribution in [0.25, 0.3) is 0 Å². The predicted molar refractivity (Wildman–Crippen MR) is 299 cm³/mol. The highest BCUT2D eigenvalue weighted by atomic mass is 16.5. The molecule has 3 aliphatic heterocycles. The van der Waals surface area contributed by atoms with Crippen LogP contribution in [-0.2, 0) is 63.8 Å². The minimum Gasteiger partial charge on any atom is -0.497 e. The molecule has 81 heavy (non-hydrogen) atoms. The quantitative estimate of drug-likeness (QED) is 0.226. The van der Waals surface area contributed by atoms with E-state index in [0.717, 1.165) is 5.56 Å². The number of fused-ring (bicyclic) bond motifs is 4. The third kappa shape index (κ3) is 16.7. The van der Waals surface area contributed by atoms with Crippen LogP contribution in [0.4, 0.5) is 0 Å². The third-order valence-electron chi connectivity index (χ3n) is 15.0. The number of benzene rings is 3. The van der Waals surface area contributed by atoms with E-state index >= 15 is 0 Å². The van der Waals surface area contributed by atoms with Gasteiger partial charge in [0, 0.05) is 46.9 Å². The first-order valence-corrected chi connectivity index (χ1v) is 27.7. The first-order chi connectivity index (χ1) is 38.4. The Bertz CT molecular complexity index is 2780. The number of ketones is 1. The molecule has 3 aliphatic rings. The van der Waals surface area contributed by atoms with E-state index in [0.29, 0.717) is 49.0 Å². The molecule has 0 aromatic heterocycles. The fourth-order valence-corrected chi connectivity index (χ4v) is 9.81. The molecule has 1 unspecified atom stereocenters. The molecule has 20 heteroatoms. The van der Waals surface area contributed by atoms with E-state index in [2.05, 4.69) is 5.32 Å². The van der Waals surface area contributed by atoms with Crippen LogP contribution in [0.15, 0.2) is 91.0 Å². The molecule has 0 radical (unpaired) electrons. The van der Waals surface area contributed by atoms with Gasteiger partial charge in [0.2, 0.25) is 29.4 Å². The SMILES string of the molecule is COc1cccc(CC[C@H]2OC(=O)[C@@H]3CCCCN3C(=O)C(=O)C(C)(C)COC(=O)/C=C\CCN(C)C(=O)[C@@H]3CCCN3C(=O)[C@H](COC(C)(C)C)N(C)C(=O)C(c3ccccc3)NC(=O)[C@H](C)N(C)C(=O)COc3cccc2c3)c1. The van der Waals surface area contributed by atoms with Crippen molar-refractivity contribution in [1.82, 2.24) is 29.8 Å². The van der Waals surface area contributed by atoms with Crippen molar-refractivity contribution >= 4 is 53.2 Å². The molecule has 0 aliphatic carbocycles. The molecule has 2 bridgehead atoms. The smallest absolute Gasteiger partial charge is 0.330 e. The summed E-state index contributed by atoms with van der Waals surface area (Å²) in [6.07, 6.45) is 4.97. The molecule has 438 valence electrons. The molecule has 6 atom stereocenters. The summed E-state index contributed by atoms with van der Waals surface area (Å²) in [6.45, 7) is 9.23. The number of aryl methyl sites for hydroxylation is 1. The van der Waals surface area contributed by atoms with Crippen molar-refractivity contribution in [3.8, 4) is 11.5 Å². The number of amides is 6. The fraction of sp³-hybridized carbons (Fsp3) is 0.525. The molecule has 2 saturated heterocycles. The van der Waals surface area contributed by atoms with Crippen molar-refractivity contribution in [3.63, 3.8) is 0 Å². The Kier molecular flexibility index (Phi) is 21.8. The Labute approximate surface area is 475 Å². The van der Waals surface area contributed by atoms with Crippen molar-refractivity contribution in [2.45, 2.75) is 135 Å². The maximum absolute atomic E-state index is 14.9. The molecule has 3 heterocycles. The summed E-state index contributed by atoms with van der Waals surface area (Å²) in [4.78, 5) is 134. The van der Waals surface area contributed by atoms with Crippen LogP contribution in [0.2, 0.25) is 0 Å². The molecule has 1 N–H and O–H groups in total. The number of methoxy groups -OCH3 is 1. The average molecular weight is 1120 g/mol. The molecular weight excluding hydrogens is 1040 g/mol. The number of carbonyl (C=O) groups excluding carboxylic acids is 9. The number of piperidine rings is 1. The van der Waals surface area contributed by atoms with Gasteiger partial charge in [-0.15, -0.1) is 0 Å². The first kappa shape index (κ1) is 62.6. The van der Waals surface area contributed by atoms with E-state index in [4.69, 9.17) is 23.7 Å². The number of ether oxygens (including phenoxy) is 5. The fourth-order valence-electron chi connectivity index (χ4n) is 9.81. The molecular formula is C61H80N6O14. The minimum absolute atomic E-state index is 0.117. The highest BCUT2D eigenvalue weighted by Crippen LogP contribution is 2.32. The Balaban J connectivity index is 1.31. The second-order valence-electron chi connectivity index (χ2n) is 22.6. The predicted octanol–water partition coefficient (Wildman–Crippen LogP) is 5.57. The summed E-state index contributed by atoms with van der Waals surface area (Å²) in [5.74, 6) is -5.15. The van der Waals surface area contributed by atoms with Crippen LogP contribution in [0.1, 0.15) is 115 Å². The third-order valence-corrected chi connectivity index (χ3v) is 15.0. The van der Waals surface area contributed by atoms with Gasteiger partial charge in [-0.05, 0) is 134 Å². The largest absolute Gasteiger partial charge is 0.497 e. The zero-order valence-electron chi connectivity index (χ0n) is 48.5. The number of hydrogen-bond donors (Lipinski definition) is 1. The zero-order chi connectivity index (χ0) is 59.2. The summed E-state index contributed by atoms with van der Waals surface area (Å²) < 4.78 is 29.4. The zero-order valence-corrected chi connectivity index (χ0v) is 48.5. The van der Waals surface area contributed by atoms with Gasteiger partial charge in [0.15, 0.2) is 6.61 Å². The van der Waals surface area contributed by atoms with Gasteiger partial charge >= 0.3 is 11.9 Å². The molecule has 6 amide bonds. The topological polar surface area (TPSA) is 228 Å². The number of nitrogens with one attached hydrogen (secondary N) is 1. The Morgan fingerprint density at radius 3 is 2.14 bits per heavy atom. The Morgan fingerprint density at radius 2 is 1.42 bits per heavy atom. The van der Waals surface area contributed by atoms with Crippen LogP contribution in [0.5, 0.6) is 11.5 Å². The lowest BCUT2D eigenvalue weighted by Gasteiger charge is -2.37. The molecule has 6 rings (SSSR count). The number of likely N-dealkylation sites (N-methyl/N-ethyl adjacent to an activating group) is 3. The average Bonchev–Trinajstić information content (AvgIpc) is 3.98. The second kappa shape index (κ2) is 28.2. The van der Waals surface area contributed by atoms with Crippen molar-refractivity contribution < 1.29 is 66.8 Å². The summed E-state index contributed by atoms with van der Waals surface area (Å²) in [7, 11) is 6.03. The number of rotatable bonds is 7. The minimum atomic E-state index is -1.48. The Hall–Kier alpha value is -7.61. The van der Waals surface area contributed by atoms with E-state index < -0.39 is 108 Å². The summed E-state index contributed by atoms with van der Waals surface area (Å²) >= 11 is 0. The van der Waals surface area contributed by atoms with Crippen LogP contribution in [-0.4, -0.2) is 175 Å². The van der Waals surface area contributed by atoms with E-state index in [-0.39, 0.29) is 57.2 Å². The van der Waals surface area contributed by atoms with Crippen molar-refractivity contribution in [2.24, 2.45) is 5.41 Å². The molecule has 0 saturated carbocycles. The molecule has 0 spiro atoms. The molecule has 3 aromatic carbocycles. The molecule has 2 fully saturated rings. The van der Waals surface area contributed by atoms with Crippen LogP contribution in [0, 0.1) is 5.41 Å². The number of cyclic esters (lactones) is 2. The highest BCUT2D eigenvalue weighted by Gasteiger charge is 2.44. The molecule has 3 aromatic rings. The number of Topliss-reactive ketones (excluding diaryl/α,β-unsaturated/α-hetero) is 1. The highest BCUT2D eigenvalue weighted by molar-refractivity contribution is 6.38. The number of carbonyl (C=O) groups is 9. The van der Waals surface area contributed by atoms with Gasteiger partial charge in [0.05, 0.1) is 24.7 Å². The molecule has 20 nitrogen and oxygen atoms in total. The van der Waals surface area contributed by atoms with Crippen molar-refractivity contribution in [1.29, 1.82) is 0 Å². The first-order valence-electron chi connectivity index (χ1n) is 27.7. The summed E-state index contributed by atoms with van der Waals surface area (Å²) in [5, 5.41) is 2.83. The monoisotopic (exact) mass is 1120 g/mol. The maximum Gasteiger partial charge on any atom is 0.330 e. The summed E-state index contributed by atoms with van der Waals surface area (Å²) in [6, 6.07) is 17.0. The van der Waals surface area contributed by atoms with Crippen LogP contribution >= 0.6 is 0 Å². The lowest BCUT2D eigenvalue weighted by atomic mass is 9.87. The lowest BCUT2D eigenvalue weighted by Crippen LogP contribution is -2.58. The normalized spacial score (nSPS) is 24.5. The van der Waals surface area contributed by atoms with Crippen LogP contribution in [0.3, 0.4) is 0 Å². The van der Waals surface area contributed by atoms with Gasteiger partial charge < -0.3 is 53.5 Å². The van der Waals surface area contributed by atoms with Gasteiger partial charge in [-0.2, -0.15) is 0 Å². The standard InChI is InChI=1S/C61H80N6O14/c1-40-54(71)62-52(42-22-12-11-13-23-42)57(74)65(9)48(37-80-60(2,3)4)56(73)66-34-20-28-46(66)55(72)63(7)32-16-15-29-51(69)79-39-61(5,6)53(70)58(75)67-33-17-14-27-47(67)59(76)81-49(31-30-41-21-18-25-44(35-41)77-10)43-24-19-26-45(36-43)78-38-50(68)64(40)8/h11-13,15,18-19,21-26,29,35-36,40,46-49,52H,14,16-17,20,27-28,30-34,37-39H2,1-10H3,(H,62,71)/b29-15-/t40-,46-,47-,48-,49+,52?/m0/s1. The van der Waals surface area contributed by atoms with Gasteiger partial charge in [-0.3, -0.25) is 33.6 Å².